The van der Waals surface area contributed by atoms with E-state index >= 15 is 0 Å². The maximum absolute atomic E-state index is 13.4. The van der Waals surface area contributed by atoms with Crippen LogP contribution in [0.3, 0.4) is 0 Å². The molecule has 0 saturated carbocycles. The van der Waals surface area contributed by atoms with Crippen LogP contribution in [0.15, 0.2) is 47.4 Å². The highest BCUT2D eigenvalue weighted by Crippen LogP contribution is 2.36. The Morgan fingerprint density at radius 3 is 2.68 bits per heavy atom. The van der Waals surface area contributed by atoms with Gasteiger partial charge >= 0.3 is 0 Å². The van der Waals surface area contributed by atoms with E-state index in [-0.39, 0.29) is 17.0 Å². The van der Waals surface area contributed by atoms with E-state index in [1.165, 1.54) is 23.4 Å². The van der Waals surface area contributed by atoms with Crippen molar-refractivity contribution in [2.24, 2.45) is 0 Å². The van der Waals surface area contributed by atoms with Gasteiger partial charge in [-0.25, -0.2) is 12.8 Å². The second-order valence-electron chi connectivity index (χ2n) is 5.35. The summed E-state index contributed by atoms with van der Waals surface area (Å²) < 4.78 is 40.3. The number of benzene rings is 2. The van der Waals surface area contributed by atoms with Crippen LogP contribution in [0.2, 0.25) is 0 Å². The molecule has 0 amide bonds. The first-order valence-corrected chi connectivity index (χ1v) is 8.41. The summed E-state index contributed by atoms with van der Waals surface area (Å²) in [5.41, 5.74) is 1.35. The van der Waals surface area contributed by atoms with Crippen LogP contribution in [0.1, 0.15) is 23.7 Å². The number of halogens is 1. The number of aliphatic hydroxyl groups is 1. The lowest BCUT2D eigenvalue weighted by atomic mass is 10.0. The molecule has 1 unspecified atom stereocenters. The van der Waals surface area contributed by atoms with Crippen molar-refractivity contribution >= 4 is 15.7 Å². The second-order valence-corrected chi connectivity index (χ2v) is 7.21. The summed E-state index contributed by atoms with van der Waals surface area (Å²) in [5.74, 6) is -0.437. The van der Waals surface area contributed by atoms with Gasteiger partial charge in [0.15, 0.2) is 0 Å². The van der Waals surface area contributed by atoms with Crippen molar-refractivity contribution in [1.82, 2.24) is 0 Å². The number of hydrogen-bond acceptors (Lipinski definition) is 3. The van der Waals surface area contributed by atoms with Gasteiger partial charge in [0.25, 0.3) is 10.0 Å². The Bertz CT molecular complexity index is 820. The molecule has 0 bridgehead atoms. The minimum Gasteiger partial charge on any atom is -0.388 e. The van der Waals surface area contributed by atoms with E-state index in [1.54, 1.807) is 24.3 Å². The molecule has 0 spiro atoms. The van der Waals surface area contributed by atoms with Gasteiger partial charge in [0.2, 0.25) is 0 Å². The normalized spacial score (nSPS) is 18.1. The molecule has 2 aromatic carbocycles. The lowest BCUT2D eigenvalue weighted by Crippen LogP contribution is -2.36. The molecule has 6 heteroatoms. The molecule has 1 heterocycles. The van der Waals surface area contributed by atoms with Gasteiger partial charge in [-0.3, -0.25) is 4.31 Å². The molecule has 0 aliphatic carbocycles. The zero-order valence-corrected chi connectivity index (χ0v) is 12.8. The number of sulfonamides is 1. The quantitative estimate of drug-likeness (QED) is 0.925. The number of anilines is 1. The fourth-order valence-electron chi connectivity index (χ4n) is 2.67. The van der Waals surface area contributed by atoms with Gasteiger partial charge in [-0.15, -0.1) is 0 Å². The fourth-order valence-corrected chi connectivity index (χ4v) is 4.26. The summed E-state index contributed by atoms with van der Waals surface area (Å²) in [4.78, 5) is 0.0533. The van der Waals surface area contributed by atoms with Crippen molar-refractivity contribution in [3.05, 3.63) is 59.4 Å². The highest BCUT2D eigenvalue weighted by molar-refractivity contribution is 7.92. The van der Waals surface area contributed by atoms with Gasteiger partial charge in [-0.05, 0) is 43.2 Å². The summed E-state index contributed by atoms with van der Waals surface area (Å²) in [6, 6.07) is 10.6. The molecule has 1 aliphatic rings. The molecule has 4 nitrogen and oxygen atoms in total. The van der Waals surface area contributed by atoms with Crippen molar-refractivity contribution in [3.63, 3.8) is 0 Å². The van der Waals surface area contributed by atoms with Crippen molar-refractivity contribution in [3.8, 4) is 0 Å². The third-order valence-corrected chi connectivity index (χ3v) is 5.70. The smallest absolute Gasteiger partial charge is 0.264 e. The van der Waals surface area contributed by atoms with Gasteiger partial charge in [-0.2, -0.15) is 0 Å². The number of aliphatic hydroxyl groups excluding tert-OH is 1. The summed E-state index contributed by atoms with van der Waals surface area (Å²) in [5, 5.41) is 10.0. The second kappa shape index (κ2) is 5.37. The van der Waals surface area contributed by atoms with Crippen LogP contribution in [0, 0.1) is 12.7 Å². The van der Waals surface area contributed by atoms with E-state index in [1.807, 2.05) is 0 Å². The van der Waals surface area contributed by atoms with E-state index in [0.29, 0.717) is 17.7 Å². The van der Waals surface area contributed by atoms with Crippen LogP contribution in [0.25, 0.3) is 0 Å². The third kappa shape index (κ3) is 2.38. The molecule has 1 atom stereocenters. The van der Waals surface area contributed by atoms with Crippen LogP contribution >= 0.6 is 0 Å². The Morgan fingerprint density at radius 2 is 1.95 bits per heavy atom. The first-order chi connectivity index (χ1) is 10.4. The maximum Gasteiger partial charge on any atom is 0.264 e. The van der Waals surface area contributed by atoms with E-state index in [0.717, 1.165) is 6.07 Å². The van der Waals surface area contributed by atoms with Crippen LogP contribution in [-0.4, -0.2) is 20.1 Å². The monoisotopic (exact) mass is 321 g/mol. The van der Waals surface area contributed by atoms with Gasteiger partial charge < -0.3 is 5.11 Å². The predicted octanol–water partition coefficient (Wildman–Crippen LogP) is 2.77. The molecular formula is C16H16FNO3S. The standard InChI is InChI=1S/C16H16FNO3S/c1-11-10-12(6-7-14(11)17)22(20,21)18-9-8-16(19)13-4-2-3-5-15(13)18/h2-7,10,16,19H,8-9H2,1H3. The Labute approximate surface area is 128 Å². The Hall–Kier alpha value is -1.92. The first-order valence-electron chi connectivity index (χ1n) is 6.97. The zero-order valence-electron chi connectivity index (χ0n) is 12.0. The van der Waals surface area contributed by atoms with Crippen molar-refractivity contribution in [2.45, 2.75) is 24.3 Å². The highest BCUT2D eigenvalue weighted by atomic mass is 32.2. The number of nitrogens with zero attached hydrogens (tertiary/aromatic N) is 1. The molecule has 1 aliphatic heterocycles. The lowest BCUT2D eigenvalue weighted by molar-refractivity contribution is 0.166. The molecule has 0 aromatic heterocycles. The predicted molar refractivity (Wildman–Crippen MR) is 81.7 cm³/mol. The minimum atomic E-state index is -3.78. The van der Waals surface area contributed by atoms with Gasteiger partial charge in [0, 0.05) is 12.1 Å². The topological polar surface area (TPSA) is 57.6 Å². The van der Waals surface area contributed by atoms with Crippen LogP contribution in [0.4, 0.5) is 10.1 Å². The van der Waals surface area contributed by atoms with E-state index in [4.69, 9.17) is 0 Å². The third-order valence-electron chi connectivity index (χ3n) is 3.89. The summed E-state index contributed by atoms with van der Waals surface area (Å²) >= 11 is 0. The van der Waals surface area contributed by atoms with Gasteiger partial charge in [0.1, 0.15) is 5.82 Å². The van der Waals surface area contributed by atoms with Crippen molar-refractivity contribution < 1.29 is 17.9 Å². The summed E-state index contributed by atoms with van der Waals surface area (Å²) in [7, 11) is -3.78. The molecule has 0 saturated heterocycles. The van der Waals surface area contributed by atoms with Gasteiger partial charge in [-0.1, -0.05) is 18.2 Å². The Kier molecular flexibility index (Phi) is 3.66. The molecule has 0 radical (unpaired) electrons. The van der Waals surface area contributed by atoms with Gasteiger partial charge in [0.05, 0.1) is 16.7 Å². The van der Waals surface area contributed by atoms with Crippen molar-refractivity contribution in [2.75, 3.05) is 10.8 Å². The molecule has 116 valence electrons. The van der Waals surface area contributed by atoms with E-state index in [2.05, 4.69) is 0 Å². The lowest BCUT2D eigenvalue weighted by Gasteiger charge is -2.33. The number of aryl methyl sites for hydroxylation is 1. The number of fused-ring (bicyclic) bond motifs is 1. The summed E-state index contributed by atoms with van der Waals surface area (Å²) in [6.45, 7) is 1.72. The molecule has 3 rings (SSSR count). The minimum absolute atomic E-state index is 0.0533. The molecule has 1 N–H and O–H groups in total. The average molecular weight is 321 g/mol. The average Bonchev–Trinajstić information content (AvgIpc) is 2.50. The number of para-hydroxylation sites is 1. The van der Waals surface area contributed by atoms with Crippen molar-refractivity contribution in [1.29, 1.82) is 0 Å². The first kappa shape index (κ1) is 15.0. The zero-order chi connectivity index (χ0) is 15.9. The van der Waals surface area contributed by atoms with E-state index in [9.17, 15) is 17.9 Å². The summed E-state index contributed by atoms with van der Waals surface area (Å²) in [6.07, 6.45) is -0.339. The molecule has 0 fully saturated rings. The Balaban J connectivity index is 2.10. The molecule has 2 aromatic rings. The largest absolute Gasteiger partial charge is 0.388 e. The fraction of sp³-hybridized carbons (Fsp3) is 0.250. The number of rotatable bonds is 2. The van der Waals surface area contributed by atoms with Crippen LogP contribution in [-0.2, 0) is 10.0 Å². The maximum atomic E-state index is 13.4. The van der Waals surface area contributed by atoms with Crippen LogP contribution < -0.4 is 4.31 Å². The van der Waals surface area contributed by atoms with E-state index < -0.39 is 21.9 Å². The number of hydrogen-bond donors (Lipinski definition) is 1. The van der Waals surface area contributed by atoms with Crippen LogP contribution in [0.5, 0.6) is 0 Å². The molecular weight excluding hydrogens is 305 g/mol. The SMILES string of the molecule is Cc1cc(S(=O)(=O)N2CCC(O)c3ccccc32)ccc1F. The Morgan fingerprint density at radius 1 is 1.23 bits per heavy atom. The highest BCUT2D eigenvalue weighted by Gasteiger charge is 2.32. The molecule has 22 heavy (non-hydrogen) atoms.